The van der Waals surface area contributed by atoms with Crippen LogP contribution in [-0.4, -0.2) is 28.4 Å². The lowest BCUT2D eigenvalue weighted by atomic mass is 10.1. The minimum atomic E-state index is -0.135. The molecule has 1 heterocycles. The molecule has 2 rings (SSSR count). The van der Waals surface area contributed by atoms with Gasteiger partial charge >= 0.3 is 0 Å². The number of carbonyl (C=O) groups excluding carboxylic acids is 1. The van der Waals surface area contributed by atoms with E-state index < -0.39 is 0 Å². The zero-order valence-electron chi connectivity index (χ0n) is 9.30. The molecule has 1 amide bonds. The Morgan fingerprint density at radius 2 is 2.18 bits per heavy atom. The highest BCUT2D eigenvalue weighted by Crippen LogP contribution is 2.12. The summed E-state index contributed by atoms with van der Waals surface area (Å²) in [5, 5.41) is 12.4. The van der Waals surface area contributed by atoms with Gasteiger partial charge in [-0.15, -0.1) is 5.10 Å². The lowest BCUT2D eigenvalue weighted by Gasteiger charge is -2.03. The van der Waals surface area contributed by atoms with Crippen LogP contribution in [0.2, 0.25) is 0 Å². The molecular weight excluding hydrogens is 220 g/mol. The van der Waals surface area contributed by atoms with Gasteiger partial charge in [0.25, 0.3) is 0 Å². The summed E-state index contributed by atoms with van der Waals surface area (Å²) in [5.74, 6) is 1.05. The maximum atomic E-state index is 11.6. The Morgan fingerprint density at radius 1 is 1.41 bits per heavy atom. The lowest BCUT2D eigenvalue weighted by Crippen LogP contribution is -2.14. The van der Waals surface area contributed by atoms with Crippen molar-refractivity contribution >= 4 is 11.7 Å². The van der Waals surface area contributed by atoms with E-state index in [1.54, 1.807) is 7.11 Å². The molecule has 17 heavy (non-hydrogen) atoms. The van der Waals surface area contributed by atoms with Crippen LogP contribution in [0.25, 0.3) is 0 Å². The Balaban J connectivity index is 1.93. The molecule has 0 fully saturated rings. The fourth-order valence-electron chi connectivity index (χ4n) is 1.38. The number of nitrogens with zero attached hydrogens (tertiary/aromatic N) is 2. The van der Waals surface area contributed by atoms with Crippen LogP contribution in [0.3, 0.4) is 0 Å². The predicted octanol–water partition coefficient (Wildman–Crippen LogP) is 0.994. The number of aromatic nitrogens is 3. The standard InChI is InChI=1S/C11H12N4O2/c1-17-9-4-2-8(3-5-9)6-11(16)13-10-7-12-15-14-10/h2-5,7H,6H2,1H3,(H2,12,13,14,15,16). The Kier molecular flexibility index (Phi) is 3.34. The third-order valence-corrected chi connectivity index (χ3v) is 2.21. The first-order chi connectivity index (χ1) is 8.28. The molecule has 0 radical (unpaired) electrons. The molecule has 6 heteroatoms. The summed E-state index contributed by atoms with van der Waals surface area (Å²) in [5.41, 5.74) is 0.909. The highest BCUT2D eigenvalue weighted by atomic mass is 16.5. The molecule has 6 nitrogen and oxygen atoms in total. The number of hydrogen-bond donors (Lipinski definition) is 2. The van der Waals surface area contributed by atoms with Gasteiger partial charge in [0.1, 0.15) is 5.75 Å². The van der Waals surface area contributed by atoms with Gasteiger partial charge in [0.15, 0.2) is 5.82 Å². The predicted molar refractivity (Wildman–Crippen MR) is 61.7 cm³/mol. The molecule has 1 aromatic heterocycles. The summed E-state index contributed by atoms with van der Waals surface area (Å²) in [6.45, 7) is 0. The van der Waals surface area contributed by atoms with Crippen LogP contribution in [0.5, 0.6) is 5.75 Å². The summed E-state index contributed by atoms with van der Waals surface area (Å²) < 4.78 is 5.04. The molecule has 88 valence electrons. The van der Waals surface area contributed by atoms with Crippen molar-refractivity contribution in [3.63, 3.8) is 0 Å². The van der Waals surface area contributed by atoms with Gasteiger partial charge in [-0.2, -0.15) is 10.3 Å². The molecular formula is C11H12N4O2. The second kappa shape index (κ2) is 5.11. The smallest absolute Gasteiger partial charge is 0.230 e. The molecule has 0 atom stereocenters. The van der Waals surface area contributed by atoms with E-state index in [9.17, 15) is 4.79 Å². The number of ether oxygens (including phenoxy) is 1. The van der Waals surface area contributed by atoms with E-state index in [4.69, 9.17) is 4.74 Å². The Labute approximate surface area is 98.0 Å². The summed E-state index contributed by atoms with van der Waals surface area (Å²) >= 11 is 0. The monoisotopic (exact) mass is 232 g/mol. The Morgan fingerprint density at radius 3 is 2.76 bits per heavy atom. The molecule has 2 aromatic rings. The third-order valence-electron chi connectivity index (χ3n) is 2.21. The Bertz CT molecular complexity index is 479. The second-order valence-corrected chi connectivity index (χ2v) is 3.43. The van der Waals surface area contributed by atoms with Crippen molar-refractivity contribution in [1.29, 1.82) is 0 Å². The molecule has 0 aliphatic heterocycles. The molecule has 0 bridgehead atoms. The average Bonchev–Trinajstić information content (AvgIpc) is 2.82. The number of anilines is 1. The van der Waals surface area contributed by atoms with Crippen LogP contribution in [0.15, 0.2) is 30.5 Å². The second-order valence-electron chi connectivity index (χ2n) is 3.43. The van der Waals surface area contributed by atoms with Crippen molar-refractivity contribution in [2.45, 2.75) is 6.42 Å². The number of benzene rings is 1. The number of aromatic amines is 1. The van der Waals surface area contributed by atoms with Crippen molar-refractivity contribution in [2.75, 3.05) is 12.4 Å². The molecule has 0 spiro atoms. The number of hydrogen-bond acceptors (Lipinski definition) is 4. The number of nitrogens with one attached hydrogen (secondary N) is 2. The number of methoxy groups -OCH3 is 1. The van der Waals surface area contributed by atoms with E-state index in [1.807, 2.05) is 24.3 Å². The van der Waals surface area contributed by atoms with Crippen LogP contribution >= 0.6 is 0 Å². The fourth-order valence-corrected chi connectivity index (χ4v) is 1.38. The first-order valence-corrected chi connectivity index (χ1v) is 5.06. The number of carbonyl (C=O) groups is 1. The van der Waals surface area contributed by atoms with Gasteiger partial charge < -0.3 is 10.1 Å². The highest BCUT2D eigenvalue weighted by Gasteiger charge is 2.05. The highest BCUT2D eigenvalue weighted by molar-refractivity contribution is 5.91. The van der Waals surface area contributed by atoms with E-state index >= 15 is 0 Å². The van der Waals surface area contributed by atoms with Crippen molar-refractivity contribution in [2.24, 2.45) is 0 Å². The van der Waals surface area contributed by atoms with Gasteiger partial charge in [-0.3, -0.25) is 4.79 Å². The van der Waals surface area contributed by atoms with E-state index in [-0.39, 0.29) is 12.3 Å². The maximum absolute atomic E-state index is 11.6. The molecule has 1 aromatic carbocycles. The van der Waals surface area contributed by atoms with Crippen LogP contribution in [0.4, 0.5) is 5.82 Å². The maximum Gasteiger partial charge on any atom is 0.230 e. The largest absolute Gasteiger partial charge is 0.497 e. The van der Waals surface area contributed by atoms with Crippen molar-refractivity contribution < 1.29 is 9.53 Å². The number of H-pyrrole nitrogens is 1. The van der Waals surface area contributed by atoms with Crippen LogP contribution < -0.4 is 10.1 Å². The van der Waals surface area contributed by atoms with Gasteiger partial charge in [-0.25, -0.2) is 0 Å². The lowest BCUT2D eigenvalue weighted by molar-refractivity contribution is -0.115. The first-order valence-electron chi connectivity index (χ1n) is 5.06. The molecule has 0 aliphatic rings. The molecule has 2 N–H and O–H groups in total. The van der Waals surface area contributed by atoms with Gasteiger partial charge in [-0.05, 0) is 17.7 Å². The van der Waals surface area contributed by atoms with Crippen molar-refractivity contribution in [3.8, 4) is 5.75 Å². The molecule has 0 aliphatic carbocycles. The molecule has 0 unspecified atom stereocenters. The quantitative estimate of drug-likeness (QED) is 0.824. The third kappa shape index (κ3) is 3.04. The van der Waals surface area contributed by atoms with Gasteiger partial charge in [0.05, 0.1) is 19.7 Å². The first kappa shape index (κ1) is 11.1. The average molecular weight is 232 g/mol. The normalized spacial score (nSPS) is 9.94. The van der Waals surface area contributed by atoms with Crippen molar-refractivity contribution in [3.05, 3.63) is 36.0 Å². The van der Waals surface area contributed by atoms with Gasteiger partial charge in [0, 0.05) is 0 Å². The fraction of sp³-hybridized carbons (Fsp3) is 0.182. The van der Waals surface area contributed by atoms with E-state index in [1.165, 1.54) is 6.20 Å². The van der Waals surface area contributed by atoms with E-state index in [0.29, 0.717) is 5.82 Å². The summed E-state index contributed by atoms with van der Waals surface area (Å²) in [4.78, 5) is 11.6. The topological polar surface area (TPSA) is 79.9 Å². The number of amides is 1. The van der Waals surface area contributed by atoms with Crippen molar-refractivity contribution in [1.82, 2.24) is 15.4 Å². The number of rotatable bonds is 4. The minimum Gasteiger partial charge on any atom is -0.497 e. The summed E-state index contributed by atoms with van der Waals surface area (Å²) in [7, 11) is 1.60. The zero-order chi connectivity index (χ0) is 12.1. The van der Waals surface area contributed by atoms with E-state index in [2.05, 4.69) is 20.7 Å². The zero-order valence-corrected chi connectivity index (χ0v) is 9.30. The van der Waals surface area contributed by atoms with Gasteiger partial charge in [-0.1, -0.05) is 12.1 Å². The molecule has 0 saturated heterocycles. The summed E-state index contributed by atoms with van der Waals surface area (Å²) in [6, 6.07) is 7.33. The van der Waals surface area contributed by atoms with Crippen LogP contribution in [0, 0.1) is 0 Å². The van der Waals surface area contributed by atoms with Crippen LogP contribution in [-0.2, 0) is 11.2 Å². The Hall–Kier alpha value is -2.37. The summed E-state index contributed by atoms with van der Waals surface area (Å²) in [6.07, 6.45) is 1.74. The molecule has 0 saturated carbocycles. The van der Waals surface area contributed by atoms with E-state index in [0.717, 1.165) is 11.3 Å². The van der Waals surface area contributed by atoms with Crippen LogP contribution in [0.1, 0.15) is 5.56 Å². The van der Waals surface area contributed by atoms with Gasteiger partial charge in [0.2, 0.25) is 5.91 Å². The SMILES string of the molecule is COc1ccc(CC(=O)Nc2cn[nH]n2)cc1. The minimum absolute atomic E-state index is 0.135.